The number of likely N-dealkylation sites (tertiary alicyclic amines) is 2. The summed E-state index contributed by atoms with van der Waals surface area (Å²) in [7, 11) is 0. The molecule has 20 heteroatoms. The number of aromatic nitrogens is 2. The fraction of sp³-hybridized carbons (Fsp3) is 0.449. The highest BCUT2D eigenvalue weighted by molar-refractivity contribution is 7.17. The molecule has 4 aliphatic rings. The highest BCUT2D eigenvalue weighted by Crippen LogP contribution is 2.41. The number of anilines is 2. The molecule has 0 radical (unpaired) electrons. The van der Waals surface area contributed by atoms with Crippen LogP contribution in [0.15, 0.2) is 130 Å². The molecule has 0 aliphatic carbocycles. The van der Waals surface area contributed by atoms with Crippen molar-refractivity contribution in [1.29, 1.82) is 0 Å². The summed E-state index contributed by atoms with van der Waals surface area (Å²) in [6.45, 7) is 13.3. The first-order valence-corrected chi connectivity index (χ1v) is 33.5. The average Bonchev–Trinajstić information content (AvgIpc) is 3.37. The second-order valence-electron chi connectivity index (χ2n) is 24.3. The zero-order valence-corrected chi connectivity index (χ0v) is 52.4. The van der Waals surface area contributed by atoms with Crippen LogP contribution in [0, 0.1) is 5.41 Å². The highest BCUT2D eigenvalue weighted by Gasteiger charge is 2.54. The first-order chi connectivity index (χ1) is 43.5. The van der Waals surface area contributed by atoms with Gasteiger partial charge in [-0.1, -0.05) is 12.1 Å². The van der Waals surface area contributed by atoms with Crippen molar-refractivity contribution in [2.75, 3.05) is 115 Å². The van der Waals surface area contributed by atoms with Crippen LogP contribution in [0.1, 0.15) is 77.0 Å². The quantitative estimate of drug-likeness (QED) is 0.0335. The topological polar surface area (TPSA) is 169 Å². The van der Waals surface area contributed by atoms with Gasteiger partial charge in [0.05, 0.1) is 24.2 Å². The standard InChI is InChI=1S/C69H80N8O10S2/c78-63(15-1-3-17-67(82)86-49-76-59-43-53(23-19-51(59)21-25-65(76)80)84-39-7-5-29-70-31-35-72(36-32-70)57-11-9-13-61-55(57)27-41-88-61)74-45-69(46-74)47-75(48-69)64(79)16-2-4-18-68(83)87-50-77-60-44-54(24-20-52(60)22-26-66(77)81)85-40-8-6-30-71-33-37-73(38-34-71)58-12-10-14-62-56(58)28-42-89-62/h9-14,19-28,41-44H,1-8,15-18,29-40,45-50H2. The van der Waals surface area contributed by atoms with Crippen LogP contribution in [0.25, 0.3) is 42.0 Å². The Morgan fingerprint density at radius 3 is 1.30 bits per heavy atom. The Balaban J connectivity index is 0.484. The lowest BCUT2D eigenvalue weighted by Crippen LogP contribution is -2.73. The van der Waals surface area contributed by atoms with Gasteiger partial charge in [0.25, 0.3) is 11.1 Å². The van der Waals surface area contributed by atoms with Crippen molar-refractivity contribution < 1.29 is 38.1 Å². The van der Waals surface area contributed by atoms with Gasteiger partial charge in [0.1, 0.15) is 11.5 Å². The van der Waals surface area contributed by atoms with Gasteiger partial charge in [0.15, 0.2) is 13.5 Å². The van der Waals surface area contributed by atoms with Crippen LogP contribution in [0.3, 0.4) is 0 Å². The number of rotatable bonds is 28. The molecule has 0 unspecified atom stereocenters. The van der Waals surface area contributed by atoms with Crippen molar-refractivity contribution in [3.05, 3.63) is 141 Å². The number of fused-ring (bicyclic) bond motifs is 4. The minimum atomic E-state index is -0.436. The molecule has 18 nitrogen and oxygen atoms in total. The third-order valence-electron chi connectivity index (χ3n) is 18.1. The Bertz CT molecular complexity index is 3650. The number of piperazine rings is 2. The molecule has 1 spiro atoms. The Labute approximate surface area is 526 Å². The maximum absolute atomic E-state index is 13.1. The van der Waals surface area contributed by atoms with E-state index in [-0.39, 0.29) is 54.7 Å². The minimum Gasteiger partial charge on any atom is -0.494 e. The molecule has 0 atom stereocenters. The summed E-state index contributed by atoms with van der Waals surface area (Å²) in [6, 6.07) is 35.3. The molecule has 0 bridgehead atoms. The molecule has 8 aromatic rings. The van der Waals surface area contributed by atoms with Gasteiger partial charge in [0.2, 0.25) is 11.8 Å². The van der Waals surface area contributed by atoms with Crippen molar-refractivity contribution in [3.8, 4) is 11.5 Å². The van der Waals surface area contributed by atoms with Crippen molar-refractivity contribution in [3.63, 3.8) is 0 Å². The van der Waals surface area contributed by atoms with E-state index in [2.05, 4.69) is 78.9 Å². The molecule has 2 amide bonds. The maximum atomic E-state index is 13.1. The Hall–Kier alpha value is -7.78. The third kappa shape index (κ3) is 15.1. The van der Waals surface area contributed by atoms with Crippen LogP contribution in [-0.4, -0.2) is 157 Å². The van der Waals surface area contributed by atoms with Crippen LogP contribution in [-0.2, 0) is 42.1 Å². The number of carbonyl (C=O) groups is 4. The van der Waals surface area contributed by atoms with E-state index in [4.69, 9.17) is 18.9 Å². The summed E-state index contributed by atoms with van der Waals surface area (Å²) in [5, 5.41) is 8.68. The van der Waals surface area contributed by atoms with E-state index in [1.165, 1.54) is 52.8 Å². The molecule has 0 saturated carbocycles. The lowest BCUT2D eigenvalue weighted by molar-refractivity contribution is -0.168. The first-order valence-electron chi connectivity index (χ1n) is 31.8. The van der Waals surface area contributed by atoms with Crippen molar-refractivity contribution in [2.24, 2.45) is 5.41 Å². The van der Waals surface area contributed by atoms with Crippen molar-refractivity contribution in [2.45, 2.75) is 90.5 Å². The molecular weight excluding hydrogens is 1160 g/mol. The van der Waals surface area contributed by atoms with Gasteiger partial charge in [-0.3, -0.25) is 47.7 Å². The number of esters is 2. The van der Waals surface area contributed by atoms with Crippen LogP contribution in [0.2, 0.25) is 0 Å². The zero-order chi connectivity index (χ0) is 61.1. The van der Waals surface area contributed by atoms with E-state index in [9.17, 15) is 28.8 Å². The molecule has 4 aromatic carbocycles. The van der Waals surface area contributed by atoms with Gasteiger partial charge in [-0.25, -0.2) is 0 Å². The number of hydrogen-bond donors (Lipinski definition) is 0. The Kier molecular flexibility index (Phi) is 19.9. The zero-order valence-electron chi connectivity index (χ0n) is 50.7. The highest BCUT2D eigenvalue weighted by atomic mass is 32.1. The molecule has 0 N–H and O–H groups in total. The van der Waals surface area contributed by atoms with E-state index < -0.39 is 11.9 Å². The van der Waals surface area contributed by atoms with Crippen LogP contribution < -0.4 is 30.4 Å². The molecule has 468 valence electrons. The number of hydrogen-bond acceptors (Lipinski definition) is 16. The van der Waals surface area contributed by atoms with E-state index in [0.29, 0.717) is 100 Å². The largest absolute Gasteiger partial charge is 0.494 e. The number of nitrogens with zero attached hydrogens (tertiary/aromatic N) is 8. The first kappa shape index (κ1) is 61.5. The normalized spacial score (nSPS) is 16.1. The molecule has 4 aromatic heterocycles. The van der Waals surface area contributed by atoms with Gasteiger partial charge in [0, 0.05) is 165 Å². The lowest BCUT2D eigenvalue weighted by Gasteiger charge is -2.60. The van der Waals surface area contributed by atoms with Gasteiger partial charge in [-0.2, -0.15) is 0 Å². The number of carbonyl (C=O) groups excluding carboxylic acids is 4. The smallest absolute Gasteiger partial charge is 0.307 e. The van der Waals surface area contributed by atoms with Gasteiger partial charge in [-0.05, 0) is 159 Å². The van der Waals surface area contributed by atoms with Gasteiger partial charge >= 0.3 is 11.9 Å². The summed E-state index contributed by atoms with van der Waals surface area (Å²) in [5.41, 5.74) is 3.29. The van der Waals surface area contributed by atoms with Crippen molar-refractivity contribution in [1.82, 2.24) is 28.7 Å². The molecule has 12 rings (SSSR count). The average molecular weight is 1250 g/mol. The Morgan fingerprint density at radius 2 is 0.865 bits per heavy atom. The van der Waals surface area contributed by atoms with E-state index in [0.717, 1.165) is 102 Å². The van der Waals surface area contributed by atoms with Crippen LogP contribution in [0.4, 0.5) is 11.4 Å². The summed E-state index contributed by atoms with van der Waals surface area (Å²) >= 11 is 3.58. The number of ether oxygens (including phenoxy) is 4. The molecule has 8 heterocycles. The summed E-state index contributed by atoms with van der Waals surface area (Å²) in [6.07, 6.45) is 6.75. The fourth-order valence-electron chi connectivity index (χ4n) is 13.1. The lowest BCUT2D eigenvalue weighted by atomic mass is 9.72. The molecule has 4 aliphatic heterocycles. The number of benzene rings is 4. The molecular formula is C69H80N8O10S2. The summed E-state index contributed by atoms with van der Waals surface area (Å²) in [4.78, 5) is 91.5. The number of thiophene rings is 2. The predicted octanol–water partition coefficient (Wildman–Crippen LogP) is 10.2. The molecule has 4 saturated heterocycles. The minimum absolute atomic E-state index is 0.0312. The number of amides is 2. The van der Waals surface area contributed by atoms with Gasteiger partial charge < -0.3 is 38.5 Å². The van der Waals surface area contributed by atoms with E-state index >= 15 is 0 Å². The fourth-order valence-corrected chi connectivity index (χ4v) is 14.7. The van der Waals surface area contributed by atoms with Crippen LogP contribution >= 0.6 is 22.7 Å². The number of pyridine rings is 2. The monoisotopic (exact) mass is 1240 g/mol. The van der Waals surface area contributed by atoms with Crippen LogP contribution in [0.5, 0.6) is 11.5 Å². The number of unbranched alkanes of at least 4 members (excludes halogenated alkanes) is 4. The Morgan fingerprint density at radius 1 is 0.449 bits per heavy atom. The predicted molar refractivity (Wildman–Crippen MR) is 352 cm³/mol. The van der Waals surface area contributed by atoms with E-state index in [1.807, 2.05) is 46.2 Å². The maximum Gasteiger partial charge on any atom is 0.307 e. The molecule has 4 fully saturated rings. The second kappa shape index (κ2) is 28.8. The third-order valence-corrected chi connectivity index (χ3v) is 19.9. The SMILES string of the molecule is O=C(CCCCC(=O)N1CC2(C1)CN(C(=O)CCCCC(=O)OCn1c(=O)ccc3ccc(OCCCCN4CCN(c5cccc6sccc56)CC4)cc31)C2)OCn1c(=O)ccc2ccc(OCCCCN3CCN(c4cccc5sccc45)CC3)cc21. The van der Waals surface area contributed by atoms with Crippen molar-refractivity contribution >= 4 is 99.8 Å². The summed E-state index contributed by atoms with van der Waals surface area (Å²) < 4.78 is 29.0. The van der Waals surface area contributed by atoms with E-state index in [1.54, 1.807) is 34.8 Å². The summed E-state index contributed by atoms with van der Waals surface area (Å²) in [5.74, 6) is 0.500. The van der Waals surface area contributed by atoms with Gasteiger partial charge in [-0.15, -0.1) is 22.7 Å². The molecule has 89 heavy (non-hydrogen) atoms. The second-order valence-corrected chi connectivity index (χ2v) is 26.2.